The van der Waals surface area contributed by atoms with Gasteiger partial charge in [0.15, 0.2) is 18.1 Å². The van der Waals surface area contributed by atoms with E-state index in [2.05, 4.69) is 15.5 Å². The van der Waals surface area contributed by atoms with Crippen LogP contribution in [0.25, 0.3) is 0 Å². The van der Waals surface area contributed by atoms with Gasteiger partial charge in [0.25, 0.3) is 5.91 Å². The minimum absolute atomic E-state index is 0.152. The van der Waals surface area contributed by atoms with E-state index in [1.807, 2.05) is 24.3 Å². The fourth-order valence-corrected chi connectivity index (χ4v) is 3.44. The van der Waals surface area contributed by atoms with E-state index in [0.717, 1.165) is 16.3 Å². The van der Waals surface area contributed by atoms with Gasteiger partial charge in [-0.15, -0.1) is 10.2 Å². The van der Waals surface area contributed by atoms with E-state index in [9.17, 15) is 4.79 Å². The molecule has 3 aromatic rings. The van der Waals surface area contributed by atoms with Crippen molar-refractivity contribution < 1.29 is 23.7 Å². The number of para-hydroxylation sites is 1. The lowest BCUT2D eigenvalue weighted by Gasteiger charge is -2.06. The van der Waals surface area contributed by atoms with E-state index in [0.29, 0.717) is 28.8 Å². The predicted molar refractivity (Wildman–Crippen MR) is 102 cm³/mol. The Hall–Kier alpha value is -3.33. The number of fused-ring (bicyclic) bond motifs is 1. The van der Waals surface area contributed by atoms with Gasteiger partial charge in [0.2, 0.25) is 11.9 Å². The number of amides is 1. The van der Waals surface area contributed by atoms with Gasteiger partial charge in [0.1, 0.15) is 16.5 Å². The number of carbonyl (C=O) groups excluding carboxylic acids is 1. The lowest BCUT2D eigenvalue weighted by molar-refractivity contribution is -0.118. The summed E-state index contributed by atoms with van der Waals surface area (Å²) < 4.78 is 21.4. The molecule has 1 amide bonds. The molecule has 4 rings (SSSR count). The summed E-state index contributed by atoms with van der Waals surface area (Å²) >= 11 is 1.31. The molecular formula is C19H17N3O5S. The summed E-state index contributed by atoms with van der Waals surface area (Å²) in [5.74, 6) is 2.25. The number of carbonyl (C=O) groups is 1. The Bertz CT molecular complexity index is 991. The Morgan fingerprint density at radius 3 is 2.93 bits per heavy atom. The fraction of sp³-hybridized carbons (Fsp3) is 0.211. The molecule has 8 nitrogen and oxygen atoms in total. The average Bonchev–Trinajstić information content (AvgIpc) is 3.35. The van der Waals surface area contributed by atoms with Gasteiger partial charge in [-0.2, -0.15) is 0 Å². The van der Waals surface area contributed by atoms with Gasteiger partial charge in [-0.3, -0.25) is 10.1 Å². The lowest BCUT2D eigenvalue weighted by Crippen LogP contribution is -2.20. The maximum Gasteiger partial charge on any atom is 0.264 e. The Labute approximate surface area is 165 Å². The van der Waals surface area contributed by atoms with Gasteiger partial charge < -0.3 is 18.9 Å². The Kier molecular flexibility index (Phi) is 5.24. The summed E-state index contributed by atoms with van der Waals surface area (Å²) in [6.07, 6.45) is 0.575. The summed E-state index contributed by atoms with van der Waals surface area (Å²) in [6, 6.07) is 12.9. The number of rotatable bonds is 7. The largest absolute Gasteiger partial charge is 0.496 e. The molecule has 0 fully saturated rings. The van der Waals surface area contributed by atoms with E-state index in [4.69, 9.17) is 18.9 Å². The summed E-state index contributed by atoms with van der Waals surface area (Å²) in [5, 5.41) is 12.0. The average molecular weight is 399 g/mol. The molecule has 0 saturated carbocycles. The Morgan fingerprint density at radius 2 is 2.04 bits per heavy atom. The van der Waals surface area contributed by atoms with Crippen LogP contribution >= 0.6 is 11.3 Å². The molecule has 0 atom stereocenters. The normalized spacial score (nSPS) is 11.9. The molecule has 1 aromatic heterocycles. The number of nitrogens with one attached hydrogen (secondary N) is 1. The van der Waals surface area contributed by atoms with Crippen LogP contribution < -0.4 is 24.3 Å². The number of hydrogen-bond donors (Lipinski definition) is 1. The highest BCUT2D eigenvalue weighted by Crippen LogP contribution is 2.35. The van der Waals surface area contributed by atoms with Crippen molar-refractivity contribution in [2.75, 3.05) is 25.8 Å². The van der Waals surface area contributed by atoms with Crippen LogP contribution in [-0.4, -0.2) is 36.6 Å². The van der Waals surface area contributed by atoms with Crippen molar-refractivity contribution in [1.82, 2.24) is 10.2 Å². The molecule has 0 spiro atoms. The van der Waals surface area contributed by atoms with Crippen LogP contribution in [0.5, 0.6) is 23.0 Å². The smallest absolute Gasteiger partial charge is 0.264 e. The third kappa shape index (κ3) is 4.15. The quantitative estimate of drug-likeness (QED) is 0.653. The zero-order chi connectivity index (χ0) is 19.3. The van der Waals surface area contributed by atoms with Gasteiger partial charge in [-0.25, -0.2) is 0 Å². The first-order valence-electron chi connectivity index (χ1n) is 8.48. The van der Waals surface area contributed by atoms with Crippen LogP contribution in [-0.2, 0) is 11.2 Å². The monoisotopic (exact) mass is 399 g/mol. The number of hydrogen-bond acceptors (Lipinski definition) is 8. The van der Waals surface area contributed by atoms with Crippen LogP contribution in [0.3, 0.4) is 0 Å². The van der Waals surface area contributed by atoms with Crippen molar-refractivity contribution in [1.29, 1.82) is 0 Å². The van der Waals surface area contributed by atoms with Gasteiger partial charge >= 0.3 is 0 Å². The molecule has 0 unspecified atom stereocenters. The van der Waals surface area contributed by atoms with Gasteiger partial charge in [-0.1, -0.05) is 29.5 Å². The standard InChI is InChI=1S/C19H17N3O5S/c1-24-14-5-3-2-4-12(14)8-18-21-22-19(28-18)20-17(23)10-25-13-6-7-15-16(9-13)27-11-26-15/h2-7,9H,8,10-11H2,1H3,(H,20,22,23). The molecule has 9 heteroatoms. The molecule has 0 radical (unpaired) electrons. The van der Waals surface area contributed by atoms with Gasteiger partial charge in [0.05, 0.1) is 7.11 Å². The Balaban J connectivity index is 1.31. The van der Waals surface area contributed by atoms with E-state index in [1.165, 1.54) is 11.3 Å². The zero-order valence-electron chi connectivity index (χ0n) is 15.0. The first kappa shape index (κ1) is 18.1. The van der Waals surface area contributed by atoms with E-state index < -0.39 is 0 Å². The second-order valence-electron chi connectivity index (χ2n) is 5.84. The topological polar surface area (TPSA) is 91.8 Å². The number of aromatic nitrogens is 2. The summed E-state index contributed by atoms with van der Waals surface area (Å²) in [6.45, 7) is 0.0363. The molecule has 0 aliphatic carbocycles. The van der Waals surface area contributed by atoms with Crippen LogP contribution in [0, 0.1) is 0 Å². The second-order valence-corrected chi connectivity index (χ2v) is 6.90. The van der Waals surface area contributed by atoms with E-state index >= 15 is 0 Å². The van der Waals surface area contributed by atoms with Gasteiger partial charge in [-0.05, 0) is 18.2 Å². The molecule has 0 bridgehead atoms. The van der Waals surface area contributed by atoms with Crippen molar-refractivity contribution in [3.8, 4) is 23.0 Å². The minimum Gasteiger partial charge on any atom is -0.496 e. The highest BCUT2D eigenvalue weighted by molar-refractivity contribution is 7.15. The van der Waals surface area contributed by atoms with Crippen LogP contribution in [0.1, 0.15) is 10.6 Å². The number of methoxy groups -OCH3 is 1. The van der Waals surface area contributed by atoms with E-state index in [-0.39, 0.29) is 19.3 Å². The van der Waals surface area contributed by atoms with Crippen LogP contribution in [0.2, 0.25) is 0 Å². The molecule has 2 aromatic carbocycles. The fourth-order valence-electron chi connectivity index (χ4n) is 2.66. The SMILES string of the molecule is COc1ccccc1Cc1nnc(NC(=O)COc2ccc3c(c2)OCO3)s1. The molecule has 2 heterocycles. The van der Waals surface area contributed by atoms with E-state index in [1.54, 1.807) is 25.3 Å². The third-order valence-corrected chi connectivity index (χ3v) is 4.80. The molecule has 1 N–H and O–H groups in total. The molecule has 1 aliphatic rings. The summed E-state index contributed by atoms with van der Waals surface area (Å²) in [5.41, 5.74) is 1.00. The Morgan fingerprint density at radius 1 is 1.18 bits per heavy atom. The molecular weight excluding hydrogens is 382 g/mol. The highest BCUT2D eigenvalue weighted by Gasteiger charge is 2.15. The van der Waals surface area contributed by atoms with Crippen molar-refractivity contribution in [3.63, 3.8) is 0 Å². The number of nitrogens with zero attached hydrogens (tertiary/aromatic N) is 2. The molecule has 1 aliphatic heterocycles. The number of benzene rings is 2. The first-order chi connectivity index (χ1) is 13.7. The predicted octanol–water partition coefficient (Wildman–Crippen LogP) is 2.88. The number of ether oxygens (including phenoxy) is 4. The summed E-state index contributed by atoms with van der Waals surface area (Å²) in [7, 11) is 1.63. The van der Waals surface area contributed by atoms with Crippen molar-refractivity contribution in [3.05, 3.63) is 53.0 Å². The summed E-state index contributed by atoms with van der Waals surface area (Å²) in [4.78, 5) is 12.1. The van der Waals surface area contributed by atoms with Crippen LogP contribution in [0.15, 0.2) is 42.5 Å². The first-order valence-corrected chi connectivity index (χ1v) is 9.29. The molecule has 28 heavy (non-hydrogen) atoms. The third-order valence-electron chi connectivity index (χ3n) is 3.96. The maximum atomic E-state index is 12.1. The van der Waals surface area contributed by atoms with Crippen molar-refractivity contribution in [2.45, 2.75) is 6.42 Å². The zero-order valence-corrected chi connectivity index (χ0v) is 15.8. The molecule has 0 saturated heterocycles. The molecule has 144 valence electrons. The second kappa shape index (κ2) is 8.13. The van der Waals surface area contributed by atoms with Gasteiger partial charge in [0, 0.05) is 18.1 Å². The maximum absolute atomic E-state index is 12.1. The lowest BCUT2D eigenvalue weighted by atomic mass is 10.1. The minimum atomic E-state index is -0.322. The highest BCUT2D eigenvalue weighted by atomic mass is 32.1. The van der Waals surface area contributed by atoms with Crippen molar-refractivity contribution >= 4 is 22.4 Å². The number of anilines is 1. The van der Waals surface area contributed by atoms with Crippen molar-refractivity contribution in [2.24, 2.45) is 0 Å². The van der Waals surface area contributed by atoms with Crippen LogP contribution in [0.4, 0.5) is 5.13 Å².